The molecule has 1 saturated heterocycles. The number of methoxy groups -OCH3 is 1. The van der Waals surface area contributed by atoms with Crippen molar-refractivity contribution >= 4 is 21.4 Å². The second-order valence-corrected chi connectivity index (χ2v) is 7.83. The summed E-state index contributed by atoms with van der Waals surface area (Å²) in [7, 11) is -1.89. The predicted octanol–water partition coefficient (Wildman–Crippen LogP) is 3.28. The van der Waals surface area contributed by atoms with E-state index in [1.807, 2.05) is 17.5 Å². The molecule has 2 aromatic rings. The van der Waals surface area contributed by atoms with Gasteiger partial charge in [0.25, 0.3) is 0 Å². The van der Waals surface area contributed by atoms with Gasteiger partial charge in [0.1, 0.15) is 5.75 Å². The summed E-state index contributed by atoms with van der Waals surface area (Å²) in [6, 6.07) is 10.5. The van der Waals surface area contributed by atoms with E-state index in [1.54, 1.807) is 47.0 Å². The summed E-state index contributed by atoms with van der Waals surface area (Å²) in [5.41, 5.74) is 0. The lowest BCUT2D eigenvalue weighted by Gasteiger charge is -2.23. The molecule has 0 amide bonds. The highest BCUT2D eigenvalue weighted by Crippen LogP contribution is 2.38. The van der Waals surface area contributed by atoms with E-state index in [0.29, 0.717) is 17.2 Å². The summed E-state index contributed by atoms with van der Waals surface area (Å²) >= 11 is 1.62. The Labute approximate surface area is 129 Å². The molecule has 0 radical (unpaired) electrons. The number of benzene rings is 1. The van der Waals surface area contributed by atoms with Gasteiger partial charge in [0, 0.05) is 11.4 Å². The maximum Gasteiger partial charge on any atom is 0.243 e. The maximum absolute atomic E-state index is 12.8. The lowest BCUT2D eigenvalue weighted by atomic mass is 10.2. The molecule has 1 fully saturated rings. The number of thiophene rings is 1. The lowest BCUT2D eigenvalue weighted by Crippen LogP contribution is -2.30. The van der Waals surface area contributed by atoms with Crippen molar-refractivity contribution in [1.29, 1.82) is 0 Å². The number of ether oxygens (including phenoxy) is 1. The monoisotopic (exact) mass is 323 g/mol. The minimum atomic E-state index is -3.45. The quantitative estimate of drug-likeness (QED) is 0.867. The molecular formula is C15H17NO3S2. The van der Waals surface area contributed by atoms with E-state index in [-0.39, 0.29) is 6.04 Å². The van der Waals surface area contributed by atoms with E-state index in [0.717, 1.165) is 17.7 Å². The van der Waals surface area contributed by atoms with Crippen LogP contribution in [0.15, 0.2) is 46.7 Å². The minimum Gasteiger partial charge on any atom is -0.497 e. The van der Waals surface area contributed by atoms with Crippen molar-refractivity contribution in [3.05, 3.63) is 46.7 Å². The van der Waals surface area contributed by atoms with Crippen molar-refractivity contribution in [3.8, 4) is 5.75 Å². The summed E-state index contributed by atoms with van der Waals surface area (Å²) in [4.78, 5) is 1.44. The minimum absolute atomic E-state index is 0.0305. The van der Waals surface area contributed by atoms with Gasteiger partial charge in [-0.25, -0.2) is 8.42 Å². The summed E-state index contributed by atoms with van der Waals surface area (Å²) in [5, 5.41) is 1.99. The van der Waals surface area contributed by atoms with Gasteiger partial charge in [-0.15, -0.1) is 11.3 Å². The van der Waals surface area contributed by atoms with Gasteiger partial charge in [0.05, 0.1) is 18.0 Å². The fraction of sp³-hybridized carbons (Fsp3) is 0.333. The summed E-state index contributed by atoms with van der Waals surface area (Å²) in [6.07, 6.45) is 1.79. The van der Waals surface area contributed by atoms with E-state index < -0.39 is 10.0 Å². The Bertz CT molecular complexity index is 693. The standard InChI is InChI=1S/C15H17NO3S2/c1-19-12-6-8-13(9-7-12)21(17,18)16-10-2-4-14(16)15-5-3-11-20-15/h3,5-9,11,14H,2,4,10H2,1H3/t14-/m1/s1. The third-order valence-corrected chi connectivity index (χ3v) is 6.64. The van der Waals surface area contributed by atoms with Crippen LogP contribution < -0.4 is 4.74 Å². The van der Waals surface area contributed by atoms with Crippen LogP contribution in [0.3, 0.4) is 0 Å². The average molecular weight is 323 g/mol. The van der Waals surface area contributed by atoms with Crippen LogP contribution in [0, 0.1) is 0 Å². The molecule has 21 heavy (non-hydrogen) atoms. The third-order valence-electron chi connectivity index (χ3n) is 3.74. The summed E-state index contributed by atoms with van der Waals surface area (Å²) < 4.78 is 32.4. The van der Waals surface area contributed by atoms with Gasteiger partial charge < -0.3 is 4.74 Å². The van der Waals surface area contributed by atoms with Crippen LogP contribution in [-0.2, 0) is 10.0 Å². The smallest absolute Gasteiger partial charge is 0.243 e. The molecule has 0 bridgehead atoms. The number of hydrogen-bond acceptors (Lipinski definition) is 4. The fourth-order valence-corrected chi connectivity index (χ4v) is 5.29. The Kier molecular flexibility index (Phi) is 4.01. The van der Waals surface area contributed by atoms with Gasteiger partial charge in [-0.1, -0.05) is 6.07 Å². The molecular weight excluding hydrogens is 306 g/mol. The first kappa shape index (κ1) is 14.6. The second-order valence-electron chi connectivity index (χ2n) is 4.96. The maximum atomic E-state index is 12.8. The van der Waals surface area contributed by atoms with Crippen molar-refractivity contribution in [2.75, 3.05) is 13.7 Å². The SMILES string of the molecule is COc1ccc(S(=O)(=O)N2CCC[C@@H]2c2cccs2)cc1. The largest absolute Gasteiger partial charge is 0.497 e. The molecule has 1 aliphatic rings. The molecule has 3 rings (SSSR count). The highest BCUT2D eigenvalue weighted by atomic mass is 32.2. The molecule has 1 aromatic carbocycles. The normalized spacial score (nSPS) is 19.8. The van der Waals surface area contributed by atoms with E-state index in [9.17, 15) is 8.42 Å². The molecule has 0 saturated carbocycles. The molecule has 0 spiro atoms. The molecule has 112 valence electrons. The van der Waals surface area contributed by atoms with Gasteiger partial charge in [0.2, 0.25) is 10.0 Å². The van der Waals surface area contributed by atoms with E-state index in [2.05, 4.69) is 0 Å². The zero-order valence-corrected chi connectivity index (χ0v) is 13.4. The van der Waals surface area contributed by atoms with Crippen molar-refractivity contribution in [2.24, 2.45) is 0 Å². The van der Waals surface area contributed by atoms with Gasteiger partial charge in [-0.3, -0.25) is 0 Å². The van der Waals surface area contributed by atoms with Gasteiger partial charge in [-0.05, 0) is 48.6 Å². The van der Waals surface area contributed by atoms with Crippen LogP contribution in [0.25, 0.3) is 0 Å². The van der Waals surface area contributed by atoms with Crippen LogP contribution in [0.4, 0.5) is 0 Å². The predicted molar refractivity (Wildman–Crippen MR) is 83.2 cm³/mol. The average Bonchev–Trinajstić information content (AvgIpc) is 3.17. The Morgan fingerprint density at radius 3 is 2.62 bits per heavy atom. The molecule has 0 unspecified atom stereocenters. The molecule has 0 aliphatic carbocycles. The van der Waals surface area contributed by atoms with Crippen LogP contribution in [-0.4, -0.2) is 26.4 Å². The Morgan fingerprint density at radius 1 is 1.24 bits per heavy atom. The Morgan fingerprint density at radius 2 is 2.00 bits per heavy atom. The van der Waals surface area contributed by atoms with Crippen molar-refractivity contribution < 1.29 is 13.2 Å². The molecule has 1 aliphatic heterocycles. The summed E-state index contributed by atoms with van der Waals surface area (Å²) in [6.45, 7) is 0.580. The number of sulfonamides is 1. The Balaban J connectivity index is 1.93. The Hall–Kier alpha value is -1.37. The van der Waals surface area contributed by atoms with Crippen molar-refractivity contribution in [2.45, 2.75) is 23.8 Å². The van der Waals surface area contributed by atoms with Crippen LogP contribution in [0.1, 0.15) is 23.8 Å². The zero-order valence-electron chi connectivity index (χ0n) is 11.7. The van der Waals surface area contributed by atoms with Crippen molar-refractivity contribution in [3.63, 3.8) is 0 Å². The zero-order chi connectivity index (χ0) is 14.9. The third kappa shape index (κ3) is 2.71. The second kappa shape index (κ2) is 5.79. The highest BCUT2D eigenvalue weighted by Gasteiger charge is 2.36. The first-order valence-corrected chi connectivity index (χ1v) is 9.14. The molecule has 0 N–H and O–H groups in total. The molecule has 2 heterocycles. The van der Waals surface area contributed by atoms with E-state index in [4.69, 9.17) is 4.74 Å². The summed E-state index contributed by atoms with van der Waals surface area (Å²) in [5.74, 6) is 0.658. The first-order chi connectivity index (χ1) is 10.1. The van der Waals surface area contributed by atoms with Crippen LogP contribution in [0.5, 0.6) is 5.75 Å². The number of rotatable bonds is 4. The van der Waals surface area contributed by atoms with Gasteiger partial charge in [-0.2, -0.15) is 4.31 Å². The van der Waals surface area contributed by atoms with E-state index >= 15 is 0 Å². The van der Waals surface area contributed by atoms with Gasteiger partial charge in [0.15, 0.2) is 0 Å². The molecule has 1 atom stereocenters. The highest BCUT2D eigenvalue weighted by molar-refractivity contribution is 7.89. The number of nitrogens with zero attached hydrogens (tertiary/aromatic N) is 1. The van der Waals surface area contributed by atoms with Crippen LogP contribution >= 0.6 is 11.3 Å². The molecule has 6 heteroatoms. The van der Waals surface area contributed by atoms with Gasteiger partial charge >= 0.3 is 0 Å². The first-order valence-electron chi connectivity index (χ1n) is 6.82. The van der Waals surface area contributed by atoms with Crippen molar-refractivity contribution in [1.82, 2.24) is 4.31 Å². The molecule has 1 aromatic heterocycles. The fourth-order valence-electron chi connectivity index (χ4n) is 2.68. The van der Waals surface area contributed by atoms with Crippen LogP contribution in [0.2, 0.25) is 0 Å². The topological polar surface area (TPSA) is 46.6 Å². The lowest BCUT2D eigenvalue weighted by molar-refractivity contribution is 0.400. The number of hydrogen-bond donors (Lipinski definition) is 0. The van der Waals surface area contributed by atoms with E-state index in [1.165, 1.54) is 0 Å². The molecule has 4 nitrogen and oxygen atoms in total.